The predicted octanol–water partition coefficient (Wildman–Crippen LogP) is 12.7. The summed E-state index contributed by atoms with van der Waals surface area (Å²) in [5.41, 5.74) is 11.3. The summed E-state index contributed by atoms with van der Waals surface area (Å²) < 4.78 is 11.7. The van der Waals surface area contributed by atoms with Gasteiger partial charge in [-0.1, -0.05) is 146 Å². The van der Waals surface area contributed by atoms with Crippen LogP contribution in [-0.4, -0.2) is 36.6 Å². The van der Waals surface area contributed by atoms with E-state index >= 15 is 0 Å². The van der Waals surface area contributed by atoms with Crippen LogP contribution in [0.15, 0.2) is 194 Å². The Balaban J connectivity index is 1.24. The van der Waals surface area contributed by atoms with Gasteiger partial charge in [0, 0.05) is 0 Å². The summed E-state index contributed by atoms with van der Waals surface area (Å²) in [6, 6.07) is 70.7. The number of fused-ring (bicyclic) bond motifs is 7. The van der Waals surface area contributed by atoms with Crippen molar-refractivity contribution in [3.05, 3.63) is 216 Å². The van der Waals surface area contributed by atoms with Gasteiger partial charge in [0.1, 0.15) is 24.7 Å². The van der Waals surface area contributed by atoms with Gasteiger partial charge >= 0.3 is 0 Å². The maximum absolute atomic E-state index is 9.45. The summed E-state index contributed by atoms with van der Waals surface area (Å²) in [4.78, 5) is 0. The number of hydrogen-bond donors (Lipinski definition) is 2. The Morgan fingerprint density at radius 2 is 0.738 bits per heavy atom. The quantitative estimate of drug-likeness (QED) is 0.145. The molecule has 294 valence electrons. The van der Waals surface area contributed by atoms with E-state index in [1.54, 1.807) is 0 Å². The molecule has 0 fully saturated rings. The number of aliphatic hydroxyl groups excluding tert-OH is 2. The molecule has 1 aliphatic rings. The molecule has 2 N–H and O–H groups in total. The van der Waals surface area contributed by atoms with Gasteiger partial charge in [-0.3, -0.25) is 0 Å². The summed E-state index contributed by atoms with van der Waals surface area (Å²) in [6.07, 6.45) is 0. The van der Waals surface area contributed by atoms with Gasteiger partial charge in [-0.25, -0.2) is 0 Å². The van der Waals surface area contributed by atoms with Gasteiger partial charge in [0.15, 0.2) is 0 Å². The molecule has 4 heteroatoms. The number of ether oxygens (including phenoxy) is 2. The summed E-state index contributed by atoms with van der Waals surface area (Å²) in [7, 11) is 0. The van der Waals surface area contributed by atoms with Gasteiger partial charge in [-0.05, 0) is 147 Å². The molecule has 10 aromatic carbocycles. The van der Waals surface area contributed by atoms with Crippen LogP contribution in [0.5, 0.6) is 11.5 Å². The van der Waals surface area contributed by atoms with E-state index in [4.69, 9.17) is 9.47 Å². The van der Waals surface area contributed by atoms with Crippen LogP contribution in [0.1, 0.15) is 22.3 Å². The minimum absolute atomic E-state index is 0.0382. The lowest BCUT2D eigenvalue weighted by molar-refractivity contribution is 0.201. The maximum atomic E-state index is 9.45. The first kappa shape index (κ1) is 36.8. The molecule has 1 aliphatic carbocycles. The van der Waals surface area contributed by atoms with E-state index in [-0.39, 0.29) is 26.4 Å². The Hall–Kier alpha value is -7.24. The maximum Gasteiger partial charge on any atom is 0.120 e. The highest BCUT2D eigenvalue weighted by atomic mass is 16.5. The van der Waals surface area contributed by atoms with E-state index in [9.17, 15) is 10.2 Å². The molecule has 0 aliphatic heterocycles. The molecule has 0 saturated carbocycles. The smallest absolute Gasteiger partial charge is 0.120 e. The number of rotatable bonds is 10. The lowest BCUT2D eigenvalue weighted by atomic mass is 9.67. The van der Waals surface area contributed by atoms with Crippen LogP contribution in [0.25, 0.3) is 76.5 Å². The molecule has 0 atom stereocenters. The fraction of sp³-hybridized carbons (Fsp3) is 0.0877. The monoisotopic (exact) mass is 790 g/mol. The molecule has 0 amide bonds. The van der Waals surface area contributed by atoms with Crippen LogP contribution in [-0.2, 0) is 5.41 Å². The number of hydrogen-bond acceptors (Lipinski definition) is 4. The molecule has 10 aromatic rings. The summed E-state index contributed by atoms with van der Waals surface area (Å²) in [5, 5.41) is 28.1. The second kappa shape index (κ2) is 15.1. The molecule has 11 rings (SSSR count). The Bertz CT molecular complexity index is 3090. The Morgan fingerprint density at radius 3 is 1.20 bits per heavy atom. The third-order valence-electron chi connectivity index (χ3n) is 12.5. The number of benzene rings is 10. The van der Waals surface area contributed by atoms with Crippen LogP contribution >= 0.6 is 0 Å². The molecule has 0 unspecified atom stereocenters. The lowest BCUT2D eigenvalue weighted by Crippen LogP contribution is -2.28. The first-order valence-electron chi connectivity index (χ1n) is 20.9. The van der Waals surface area contributed by atoms with Gasteiger partial charge in [-0.15, -0.1) is 0 Å². The summed E-state index contributed by atoms with van der Waals surface area (Å²) >= 11 is 0. The Labute approximate surface area is 354 Å². The van der Waals surface area contributed by atoms with Crippen molar-refractivity contribution >= 4 is 43.1 Å². The van der Waals surface area contributed by atoms with Crippen LogP contribution in [0.4, 0.5) is 0 Å². The standard InChI is InChI=1S/C57H42O4/c58-27-29-60-49-25-21-41-33-47(23-19-43(41)35-49)57(48-24-20-44-36-50(61-30-28-59)26-22-42(44)34-48)53-13-5-11-51(45-17-15-37-7-1-3-9-39(37)31-45)55(53)56-52(12-6-14-54(56)57)46-18-16-38-8-2-4-10-40(38)32-46/h1-26,31-36,58-59H,27-30H2. The van der Waals surface area contributed by atoms with E-state index < -0.39 is 5.41 Å². The molecule has 0 bridgehead atoms. The van der Waals surface area contributed by atoms with E-state index in [0.717, 1.165) is 44.2 Å². The molecule has 0 saturated heterocycles. The van der Waals surface area contributed by atoms with Crippen LogP contribution in [0.2, 0.25) is 0 Å². The first-order valence-corrected chi connectivity index (χ1v) is 20.9. The van der Waals surface area contributed by atoms with Crippen molar-refractivity contribution in [1.82, 2.24) is 0 Å². The predicted molar refractivity (Wildman–Crippen MR) is 250 cm³/mol. The highest BCUT2D eigenvalue weighted by Crippen LogP contribution is 2.61. The Morgan fingerprint density at radius 1 is 0.344 bits per heavy atom. The molecule has 61 heavy (non-hydrogen) atoms. The molecule has 0 radical (unpaired) electrons. The third-order valence-corrected chi connectivity index (χ3v) is 12.5. The first-order chi connectivity index (χ1) is 30.1. The van der Waals surface area contributed by atoms with Crippen LogP contribution < -0.4 is 9.47 Å². The van der Waals surface area contributed by atoms with E-state index in [1.165, 1.54) is 66.1 Å². The largest absolute Gasteiger partial charge is 0.491 e. The topological polar surface area (TPSA) is 58.9 Å². The average molecular weight is 791 g/mol. The molecular weight excluding hydrogens is 749 g/mol. The van der Waals surface area contributed by atoms with E-state index in [2.05, 4.69) is 182 Å². The SMILES string of the molecule is OCCOc1ccc2cc(C3(c4ccc5cc(OCCO)ccc5c4)c4cccc(-c5ccc6ccccc6c5)c4-c4c(-c5ccc6ccccc6c5)cccc43)ccc2c1. The van der Waals surface area contributed by atoms with Crippen LogP contribution in [0.3, 0.4) is 0 Å². The van der Waals surface area contributed by atoms with Gasteiger partial charge in [0.25, 0.3) is 0 Å². The van der Waals surface area contributed by atoms with Crippen molar-refractivity contribution in [3.8, 4) is 44.9 Å². The second-order valence-corrected chi connectivity index (χ2v) is 15.9. The Kier molecular flexibility index (Phi) is 9.11. The van der Waals surface area contributed by atoms with Gasteiger partial charge in [0.2, 0.25) is 0 Å². The van der Waals surface area contributed by atoms with Crippen molar-refractivity contribution in [3.63, 3.8) is 0 Å². The molecule has 4 nitrogen and oxygen atoms in total. The summed E-state index contributed by atoms with van der Waals surface area (Å²) in [6.45, 7) is 0.416. The minimum atomic E-state index is -0.717. The normalized spacial score (nSPS) is 12.8. The third kappa shape index (κ3) is 6.14. The molecular formula is C57H42O4. The molecule has 0 spiro atoms. The summed E-state index contributed by atoms with van der Waals surface area (Å²) in [5.74, 6) is 1.47. The minimum Gasteiger partial charge on any atom is -0.491 e. The van der Waals surface area contributed by atoms with Crippen molar-refractivity contribution in [2.75, 3.05) is 26.4 Å². The van der Waals surface area contributed by atoms with Gasteiger partial charge < -0.3 is 19.7 Å². The lowest BCUT2D eigenvalue weighted by Gasteiger charge is -2.34. The number of aliphatic hydroxyl groups is 2. The highest BCUT2D eigenvalue weighted by Gasteiger charge is 2.48. The van der Waals surface area contributed by atoms with Crippen molar-refractivity contribution in [2.45, 2.75) is 5.41 Å². The zero-order chi connectivity index (χ0) is 40.9. The zero-order valence-corrected chi connectivity index (χ0v) is 33.5. The fourth-order valence-corrected chi connectivity index (χ4v) is 9.82. The zero-order valence-electron chi connectivity index (χ0n) is 33.5. The second-order valence-electron chi connectivity index (χ2n) is 15.9. The van der Waals surface area contributed by atoms with E-state index in [0.29, 0.717) is 0 Å². The highest BCUT2D eigenvalue weighted by molar-refractivity contribution is 6.04. The average Bonchev–Trinajstić information content (AvgIpc) is 3.63. The van der Waals surface area contributed by atoms with Crippen molar-refractivity contribution < 1.29 is 19.7 Å². The van der Waals surface area contributed by atoms with Crippen molar-refractivity contribution in [2.24, 2.45) is 0 Å². The molecule has 0 aromatic heterocycles. The molecule has 0 heterocycles. The van der Waals surface area contributed by atoms with E-state index in [1.807, 2.05) is 12.1 Å². The van der Waals surface area contributed by atoms with Gasteiger partial charge in [-0.2, -0.15) is 0 Å². The van der Waals surface area contributed by atoms with Crippen molar-refractivity contribution in [1.29, 1.82) is 0 Å². The fourth-order valence-electron chi connectivity index (χ4n) is 9.82. The van der Waals surface area contributed by atoms with Gasteiger partial charge in [0.05, 0.1) is 18.6 Å². The van der Waals surface area contributed by atoms with Crippen LogP contribution in [0, 0.1) is 0 Å².